The number of hydrogen-bond donors (Lipinski definition) is 2. The van der Waals surface area contributed by atoms with Crippen LogP contribution in [0.25, 0.3) is 11.3 Å². The number of nitrogens with one attached hydrogen (secondary N) is 1. The Labute approximate surface area is 209 Å². The van der Waals surface area contributed by atoms with Gasteiger partial charge in [0.1, 0.15) is 22.9 Å². The van der Waals surface area contributed by atoms with E-state index in [1.165, 1.54) is 0 Å². The number of halogens is 1. The topological polar surface area (TPSA) is 78.5 Å². The maximum absolute atomic E-state index is 13.7. The summed E-state index contributed by atoms with van der Waals surface area (Å²) >= 11 is 6.47. The van der Waals surface area contributed by atoms with Gasteiger partial charge in [0.25, 0.3) is 5.91 Å². The summed E-state index contributed by atoms with van der Waals surface area (Å²) in [7, 11) is 0. The largest absolute Gasteiger partial charge is 0.507 e. The molecule has 1 amide bonds. The van der Waals surface area contributed by atoms with Crippen LogP contribution in [0.15, 0.2) is 60.7 Å². The van der Waals surface area contributed by atoms with Crippen molar-refractivity contribution in [1.82, 2.24) is 15.1 Å². The van der Waals surface area contributed by atoms with Gasteiger partial charge in [0.05, 0.1) is 12.6 Å². The van der Waals surface area contributed by atoms with Crippen molar-refractivity contribution in [1.29, 1.82) is 0 Å². The minimum atomic E-state index is -0.442. The van der Waals surface area contributed by atoms with Crippen LogP contribution in [0.1, 0.15) is 51.3 Å². The number of H-pyrrole nitrogens is 1. The third-order valence-electron chi connectivity index (χ3n) is 6.34. The Bertz CT molecular complexity index is 1410. The highest BCUT2D eigenvalue weighted by Gasteiger charge is 2.43. The molecule has 6 nitrogen and oxygen atoms in total. The third kappa shape index (κ3) is 4.04. The molecule has 2 heterocycles. The molecule has 2 N–H and O–H groups in total. The number of aromatic nitrogens is 2. The Hall–Kier alpha value is -3.77. The zero-order chi connectivity index (χ0) is 24.7. The fourth-order valence-corrected chi connectivity index (χ4v) is 5.10. The zero-order valence-corrected chi connectivity index (χ0v) is 20.6. The monoisotopic (exact) mass is 487 g/mol. The smallest absolute Gasteiger partial charge is 0.273 e. The van der Waals surface area contributed by atoms with Crippen molar-refractivity contribution in [3.8, 4) is 22.8 Å². The number of ether oxygens (including phenoxy) is 1. The van der Waals surface area contributed by atoms with Gasteiger partial charge in [-0.05, 0) is 67.3 Å². The number of phenols is 1. The molecule has 3 aromatic carbocycles. The molecule has 0 saturated carbocycles. The average molecular weight is 488 g/mol. The van der Waals surface area contributed by atoms with Gasteiger partial charge in [0, 0.05) is 22.7 Å². The van der Waals surface area contributed by atoms with E-state index >= 15 is 0 Å². The van der Waals surface area contributed by atoms with Crippen molar-refractivity contribution in [2.24, 2.45) is 0 Å². The molecule has 35 heavy (non-hydrogen) atoms. The lowest BCUT2D eigenvalue weighted by Gasteiger charge is -2.27. The number of hydrogen-bond acceptors (Lipinski definition) is 4. The number of nitrogens with zero attached hydrogens (tertiary/aromatic N) is 2. The van der Waals surface area contributed by atoms with Crippen LogP contribution in [0.5, 0.6) is 11.5 Å². The molecule has 1 unspecified atom stereocenters. The Morgan fingerprint density at radius 2 is 1.91 bits per heavy atom. The highest BCUT2D eigenvalue weighted by molar-refractivity contribution is 6.31. The fraction of sp³-hybridized carbons (Fsp3) is 0.214. The average Bonchev–Trinajstić information content (AvgIpc) is 3.34. The normalized spacial score (nSPS) is 14.9. The van der Waals surface area contributed by atoms with E-state index in [0.29, 0.717) is 35.1 Å². The second-order valence-electron chi connectivity index (χ2n) is 8.77. The maximum atomic E-state index is 13.7. The van der Waals surface area contributed by atoms with Crippen molar-refractivity contribution >= 4 is 17.5 Å². The molecular weight excluding hydrogens is 462 g/mol. The molecule has 1 atom stereocenters. The first-order valence-corrected chi connectivity index (χ1v) is 11.9. The van der Waals surface area contributed by atoms with Crippen LogP contribution in [-0.2, 0) is 6.54 Å². The molecule has 0 bridgehead atoms. The molecule has 5 rings (SSSR count). The van der Waals surface area contributed by atoms with Crippen LogP contribution in [0.2, 0.25) is 5.02 Å². The van der Waals surface area contributed by atoms with E-state index in [9.17, 15) is 9.90 Å². The number of aromatic amines is 1. The van der Waals surface area contributed by atoms with Crippen LogP contribution in [0.3, 0.4) is 0 Å². The molecule has 1 aliphatic rings. The molecule has 1 aromatic heterocycles. The standard InChI is InChI=1S/C28H26ClN3O3/c1-4-35-20-10-7-9-18(14-20)27-24-25(23-17(3)12-16(2)13-22(23)33)30-31-26(24)28(34)32(27)15-19-8-5-6-11-21(19)29/h5-14,27,33H,4,15H2,1-3H3,(H,30,31). The van der Waals surface area contributed by atoms with Crippen molar-refractivity contribution in [2.75, 3.05) is 6.61 Å². The van der Waals surface area contributed by atoms with Gasteiger partial charge in [-0.2, -0.15) is 5.10 Å². The van der Waals surface area contributed by atoms with Gasteiger partial charge in [0.15, 0.2) is 0 Å². The number of rotatable bonds is 6. The van der Waals surface area contributed by atoms with E-state index in [1.807, 2.05) is 75.4 Å². The van der Waals surface area contributed by atoms with Crippen LogP contribution < -0.4 is 4.74 Å². The van der Waals surface area contributed by atoms with Crippen molar-refractivity contribution < 1.29 is 14.6 Å². The Morgan fingerprint density at radius 1 is 1.11 bits per heavy atom. The molecule has 0 spiro atoms. The minimum Gasteiger partial charge on any atom is -0.507 e. The molecule has 4 aromatic rings. The van der Waals surface area contributed by atoms with Crippen LogP contribution in [0.4, 0.5) is 0 Å². The summed E-state index contributed by atoms with van der Waals surface area (Å²) in [6.07, 6.45) is 0. The number of amides is 1. The lowest BCUT2D eigenvalue weighted by Crippen LogP contribution is -2.29. The van der Waals surface area contributed by atoms with Gasteiger partial charge >= 0.3 is 0 Å². The first-order chi connectivity index (χ1) is 16.9. The van der Waals surface area contributed by atoms with Crippen molar-refractivity contribution in [3.05, 3.63) is 99.2 Å². The van der Waals surface area contributed by atoms with E-state index in [4.69, 9.17) is 16.3 Å². The molecule has 0 saturated heterocycles. The summed E-state index contributed by atoms with van der Waals surface area (Å²) in [5.41, 5.74) is 5.91. The summed E-state index contributed by atoms with van der Waals surface area (Å²) in [5.74, 6) is 0.688. The predicted molar refractivity (Wildman–Crippen MR) is 136 cm³/mol. The summed E-state index contributed by atoms with van der Waals surface area (Å²) < 4.78 is 5.75. The fourth-order valence-electron chi connectivity index (χ4n) is 4.90. The highest BCUT2D eigenvalue weighted by Crippen LogP contribution is 2.46. The lowest BCUT2D eigenvalue weighted by molar-refractivity contribution is 0.0730. The molecule has 1 aliphatic heterocycles. The van der Waals surface area contributed by atoms with Gasteiger partial charge in [0.2, 0.25) is 0 Å². The quantitative estimate of drug-likeness (QED) is 0.339. The predicted octanol–water partition coefficient (Wildman–Crippen LogP) is 6.20. The van der Waals surface area contributed by atoms with Gasteiger partial charge in [-0.3, -0.25) is 9.89 Å². The zero-order valence-electron chi connectivity index (χ0n) is 19.8. The lowest BCUT2D eigenvalue weighted by atomic mass is 9.93. The van der Waals surface area contributed by atoms with Gasteiger partial charge in [-0.15, -0.1) is 0 Å². The second kappa shape index (κ2) is 9.12. The number of aryl methyl sites for hydroxylation is 2. The van der Waals surface area contributed by atoms with E-state index in [-0.39, 0.29) is 11.7 Å². The molecular formula is C28H26ClN3O3. The number of phenolic OH excluding ortho intramolecular Hbond substituents is 1. The number of carbonyl (C=O) groups excluding carboxylic acids is 1. The minimum absolute atomic E-state index is 0.135. The summed E-state index contributed by atoms with van der Waals surface area (Å²) in [5, 5.41) is 18.9. The molecule has 0 aliphatic carbocycles. The molecule has 178 valence electrons. The maximum Gasteiger partial charge on any atom is 0.273 e. The Kier molecular flexibility index (Phi) is 5.99. The van der Waals surface area contributed by atoms with E-state index in [2.05, 4.69) is 10.2 Å². The van der Waals surface area contributed by atoms with Crippen molar-refractivity contribution in [3.63, 3.8) is 0 Å². The number of benzene rings is 3. The number of aromatic hydroxyl groups is 1. The molecule has 0 fully saturated rings. The van der Waals surface area contributed by atoms with Crippen LogP contribution in [-0.4, -0.2) is 32.7 Å². The summed E-state index contributed by atoms with van der Waals surface area (Å²) in [6.45, 7) is 6.66. The SMILES string of the molecule is CCOc1cccc(C2c3c(-c4c(C)cc(C)cc4O)n[nH]c3C(=O)N2Cc2ccccc2Cl)c1. The number of carbonyl (C=O) groups is 1. The van der Waals surface area contributed by atoms with Crippen LogP contribution >= 0.6 is 11.6 Å². The van der Waals surface area contributed by atoms with Crippen LogP contribution in [0, 0.1) is 13.8 Å². The van der Waals surface area contributed by atoms with Gasteiger partial charge in [-0.1, -0.05) is 48.0 Å². The summed E-state index contributed by atoms with van der Waals surface area (Å²) in [6, 6.07) is 18.5. The highest BCUT2D eigenvalue weighted by atomic mass is 35.5. The van der Waals surface area contributed by atoms with E-state index in [0.717, 1.165) is 33.6 Å². The first-order valence-electron chi connectivity index (χ1n) is 11.5. The van der Waals surface area contributed by atoms with Crippen molar-refractivity contribution in [2.45, 2.75) is 33.4 Å². The van der Waals surface area contributed by atoms with E-state index < -0.39 is 6.04 Å². The third-order valence-corrected chi connectivity index (χ3v) is 6.71. The van der Waals surface area contributed by atoms with Gasteiger partial charge in [-0.25, -0.2) is 0 Å². The molecule has 7 heteroatoms. The Balaban J connectivity index is 1.70. The Morgan fingerprint density at radius 3 is 2.66 bits per heavy atom. The van der Waals surface area contributed by atoms with Gasteiger partial charge < -0.3 is 14.7 Å². The summed E-state index contributed by atoms with van der Waals surface area (Å²) in [4.78, 5) is 15.5. The van der Waals surface area contributed by atoms with E-state index in [1.54, 1.807) is 11.0 Å². The molecule has 0 radical (unpaired) electrons. The second-order valence-corrected chi connectivity index (χ2v) is 9.18. The number of fused-ring (bicyclic) bond motifs is 1. The first kappa shape index (κ1) is 23.0.